The molecule has 0 bridgehead atoms. The van der Waals surface area contributed by atoms with E-state index in [4.69, 9.17) is 10.6 Å². The van der Waals surface area contributed by atoms with Crippen LogP contribution < -0.4 is 20.9 Å². The molecular formula is C14H19N5O. The summed E-state index contributed by atoms with van der Waals surface area (Å²) in [5.74, 6) is 7.13. The second-order valence-corrected chi connectivity index (χ2v) is 4.51. The number of aryl methyl sites for hydroxylation is 1. The maximum Gasteiger partial charge on any atom is 0.205 e. The van der Waals surface area contributed by atoms with E-state index in [9.17, 15) is 0 Å². The number of hydrazine groups is 1. The van der Waals surface area contributed by atoms with E-state index in [1.165, 1.54) is 17.5 Å². The van der Waals surface area contributed by atoms with Gasteiger partial charge in [-0.25, -0.2) is 15.8 Å². The zero-order chi connectivity index (χ0) is 14.5. The molecule has 0 aliphatic carbocycles. The van der Waals surface area contributed by atoms with Gasteiger partial charge in [-0.3, -0.25) is 0 Å². The van der Waals surface area contributed by atoms with Gasteiger partial charge >= 0.3 is 0 Å². The number of nitrogen functional groups attached to an aromatic ring is 1. The first kappa shape index (κ1) is 14.1. The van der Waals surface area contributed by atoms with Gasteiger partial charge in [0.05, 0.1) is 7.11 Å². The molecule has 0 spiro atoms. The van der Waals surface area contributed by atoms with Crippen molar-refractivity contribution in [3.8, 4) is 5.75 Å². The third-order valence-corrected chi connectivity index (χ3v) is 3.16. The molecule has 2 aromatic rings. The molecule has 0 amide bonds. The van der Waals surface area contributed by atoms with Crippen LogP contribution in [0.3, 0.4) is 0 Å². The number of nitrogens with one attached hydrogen (secondary N) is 1. The largest absolute Gasteiger partial charge is 0.490 e. The highest BCUT2D eigenvalue weighted by molar-refractivity contribution is 5.64. The Morgan fingerprint density at radius 2 is 2.05 bits per heavy atom. The van der Waals surface area contributed by atoms with Crippen LogP contribution >= 0.6 is 0 Å². The summed E-state index contributed by atoms with van der Waals surface area (Å²) in [6.45, 7) is 2.82. The highest BCUT2D eigenvalue weighted by Crippen LogP contribution is 2.31. The molecule has 6 heteroatoms. The molecule has 3 N–H and O–H groups in total. The van der Waals surface area contributed by atoms with Crippen LogP contribution in [0.4, 0.5) is 11.6 Å². The first-order valence-corrected chi connectivity index (χ1v) is 6.28. The topological polar surface area (TPSA) is 76.3 Å². The van der Waals surface area contributed by atoms with E-state index in [-0.39, 0.29) is 0 Å². The van der Waals surface area contributed by atoms with Gasteiger partial charge in [0.25, 0.3) is 0 Å². The summed E-state index contributed by atoms with van der Waals surface area (Å²) in [4.78, 5) is 10.3. The van der Waals surface area contributed by atoms with Crippen LogP contribution in [0.25, 0.3) is 0 Å². The Hall–Kier alpha value is -2.34. The molecule has 1 heterocycles. The molecule has 20 heavy (non-hydrogen) atoms. The Balaban J connectivity index is 2.30. The summed E-state index contributed by atoms with van der Waals surface area (Å²) < 4.78 is 5.35. The van der Waals surface area contributed by atoms with E-state index in [0.29, 0.717) is 17.4 Å². The van der Waals surface area contributed by atoms with Gasteiger partial charge in [0, 0.05) is 13.6 Å². The number of anilines is 2. The van der Waals surface area contributed by atoms with Gasteiger partial charge < -0.3 is 15.1 Å². The monoisotopic (exact) mass is 273 g/mol. The predicted octanol–water partition coefficient (Wildman–Crippen LogP) is 1.72. The second-order valence-electron chi connectivity index (χ2n) is 4.51. The number of benzene rings is 1. The van der Waals surface area contributed by atoms with E-state index in [0.717, 1.165) is 6.54 Å². The summed E-state index contributed by atoms with van der Waals surface area (Å²) in [6, 6.07) is 8.25. The number of hydrogen-bond acceptors (Lipinski definition) is 6. The zero-order valence-electron chi connectivity index (χ0n) is 11.9. The Morgan fingerprint density at radius 3 is 2.70 bits per heavy atom. The molecule has 0 aliphatic rings. The lowest BCUT2D eigenvalue weighted by Crippen LogP contribution is -2.20. The standard InChI is InChI=1S/C14H19N5O/c1-10-6-4-5-7-11(10)8-19(2)14-12(20-3)13(18-15)16-9-17-14/h4-7,9H,8,15H2,1-3H3,(H,16,17,18). The van der Waals surface area contributed by atoms with Crippen LogP contribution in [-0.4, -0.2) is 24.1 Å². The van der Waals surface area contributed by atoms with Crippen LogP contribution in [0.5, 0.6) is 5.75 Å². The molecule has 0 radical (unpaired) electrons. The second kappa shape index (κ2) is 6.21. The van der Waals surface area contributed by atoms with Gasteiger partial charge in [0.2, 0.25) is 5.75 Å². The van der Waals surface area contributed by atoms with Crippen LogP contribution in [-0.2, 0) is 6.54 Å². The van der Waals surface area contributed by atoms with Crippen LogP contribution in [0.15, 0.2) is 30.6 Å². The van der Waals surface area contributed by atoms with Crippen molar-refractivity contribution < 1.29 is 4.74 Å². The van der Waals surface area contributed by atoms with Gasteiger partial charge in [-0.15, -0.1) is 0 Å². The lowest BCUT2D eigenvalue weighted by molar-refractivity contribution is 0.412. The van der Waals surface area contributed by atoms with Crippen LogP contribution in [0.1, 0.15) is 11.1 Å². The molecule has 0 unspecified atom stereocenters. The van der Waals surface area contributed by atoms with Crippen LogP contribution in [0, 0.1) is 6.92 Å². The Morgan fingerprint density at radius 1 is 1.30 bits per heavy atom. The SMILES string of the molecule is COc1c(NN)ncnc1N(C)Cc1ccccc1C. The normalized spacial score (nSPS) is 10.2. The van der Waals surface area contributed by atoms with Gasteiger partial charge in [-0.05, 0) is 18.1 Å². The van der Waals surface area contributed by atoms with Crippen molar-refractivity contribution in [1.82, 2.24) is 9.97 Å². The predicted molar refractivity (Wildman–Crippen MR) is 79.7 cm³/mol. The van der Waals surface area contributed by atoms with Gasteiger partial charge in [0.15, 0.2) is 11.6 Å². The molecule has 6 nitrogen and oxygen atoms in total. The molecule has 0 aliphatic heterocycles. The van der Waals surface area contributed by atoms with E-state index in [1.807, 2.05) is 24.1 Å². The fourth-order valence-electron chi connectivity index (χ4n) is 2.05. The fourth-order valence-corrected chi connectivity index (χ4v) is 2.05. The van der Waals surface area contributed by atoms with Gasteiger partial charge in [-0.2, -0.15) is 0 Å². The molecule has 1 aromatic carbocycles. The Bertz CT molecular complexity index is 588. The fraction of sp³-hybridized carbons (Fsp3) is 0.286. The number of hydrogen-bond donors (Lipinski definition) is 2. The van der Waals surface area contributed by atoms with E-state index >= 15 is 0 Å². The highest BCUT2D eigenvalue weighted by atomic mass is 16.5. The van der Waals surface area contributed by atoms with Crippen LogP contribution in [0.2, 0.25) is 0 Å². The molecule has 0 saturated heterocycles. The van der Waals surface area contributed by atoms with Crippen molar-refractivity contribution in [2.45, 2.75) is 13.5 Å². The number of ether oxygens (including phenoxy) is 1. The van der Waals surface area contributed by atoms with Crippen molar-refractivity contribution in [3.05, 3.63) is 41.7 Å². The molecule has 2 rings (SSSR count). The third kappa shape index (κ3) is 2.80. The number of nitrogens with zero attached hydrogens (tertiary/aromatic N) is 3. The number of nitrogens with two attached hydrogens (primary N) is 1. The van der Waals surface area contributed by atoms with Gasteiger partial charge in [0.1, 0.15) is 6.33 Å². The zero-order valence-corrected chi connectivity index (χ0v) is 11.9. The van der Waals surface area contributed by atoms with Crippen molar-refractivity contribution in [2.24, 2.45) is 5.84 Å². The lowest BCUT2D eigenvalue weighted by Gasteiger charge is -2.22. The van der Waals surface area contributed by atoms with Crippen molar-refractivity contribution in [3.63, 3.8) is 0 Å². The Kier molecular flexibility index (Phi) is 4.37. The smallest absolute Gasteiger partial charge is 0.205 e. The minimum atomic E-state index is 0.467. The molecule has 0 atom stereocenters. The Labute approximate surface area is 118 Å². The number of rotatable bonds is 5. The summed E-state index contributed by atoms with van der Waals surface area (Å²) in [7, 11) is 3.53. The molecule has 1 aromatic heterocycles. The highest BCUT2D eigenvalue weighted by Gasteiger charge is 2.15. The minimum absolute atomic E-state index is 0.467. The molecular weight excluding hydrogens is 254 g/mol. The van der Waals surface area contributed by atoms with Crippen molar-refractivity contribution in [1.29, 1.82) is 0 Å². The molecule has 0 fully saturated rings. The van der Waals surface area contributed by atoms with E-state index < -0.39 is 0 Å². The van der Waals surface area contributed by atoms with Crippen molar-refractivity contribution >= 4 is 11.6 Å². The first-order valence-electron chi connectivity index (χ1n) is 6.28. The lowest BCUT2D eigenvalue weighted by atomic mass is 10.1. The third-order valence-electron chi connectivity index (χ3n) is 3.16. The van der Waals surface area contributed by atoms with E-state index in [1.54, 1.807) is 7.11 Å². The molecule has 106 valence electrons. The van der Waals surface area contributed by atoms with Gasteiger partial charge in [-0.1, -0.05) is 24.3 Å². The average Bonchev–Trinajstić information content (AvgIpc) is 2.48. The van der Waals surface area contributed by atoms with E-state index in [2.05, 4.69) is 34.5 Å². The summed E-state index contributed by atoms with van der Waals surface area (Å²) >= 11 is 0. The summed E-state index contributed by atoms with van der Waals surface area (Å²) in [6.07, 6.45) is 1.46. The number of aromatic nitrogens is 2. The van der Waals surface area contributed by atoms with Crippen molar-refractivity contribution in [2.75, 3.05) is 24.5 Å². The summed E-state index contributed by atoms with van der Waals surface area (Å²) in [5, 5.41) is 0. The summed E-state index contributed by atoms with van der Waals surface area (Å²) in [5.41, 5.74) is 4.99. The molecule has 0 saturated carbocycles. The maximum atomic E-state index is 5.43. The quantitative estimate of drug-likeness (QED) is 0.638. The first-order chi connectivity index (χ1) is 9.67. The maximum absolute atomic E-state index is 5.43. The average molecular weight is 273 g/mol. The minimum Gasteiger partial charge on any atom is -0.490 e. The number of methoxy groups -OCH3 is 1.